The van der Waals surface area contributed by atoms with E-state index < -0.39 is 0 Å². The third kappa shape index (κ3) is 2.75. The molecule has 1 aromatic heterocycles. The molecule has 2 saturated heterocycles. The number of piperidine rings is 1. The van der Waals surface area contributed by atoms with Crippen LogP contribution in [0, 0.1) is 12.8 Å². The second-order valence-corrected chi connectivity index (χ2v) is 7.14. The van der Waals surface area contributed by atoms with E-state index in [1.165, 1.54) is 0 Å². The third-order valence-electron chi connectivity index (χ3n) is 5.46. The van der Waals surface area contributed by atoms with Crippen LogP contribution in [0.25, 0.3) is 0 Å². The zero-order chi connectivity index (χ0) is 16.0. The molecular weight excluding hydrogens is 292 g/mol. The first-order valence-electron chi connectivity index (χ1n) is 8.71. The van der Waals surface area contributed by atoms with Gasteiger partial charge in [-0.25, -0.2) is 4.98 Å². The monoisotopic (exact) mass is 316 g/mol. The number of carbonyl (C=O) groups is 2. The third-order valence-corrected chi connectivity index (χ3v) is 5.46. The van der Waals surface area contributed by atoms with Gasteiger partial charge in [0, 0.05) is 44.5 Å². The number of hydrogen-bond donors (Lipinski definition) is 0. The van der Waals surface area contributed by atoms with Crippen molar-refractivity contribution in [2.45, 2.75) is 51.1 Å². The van der Waals surface area contributed by atoms with E-state index in [0.29, 0.717) is 25.0 Å². The predicted octanol–water partition coefficient (Wildman–Crippen LogP) is 1.37. The molecule has 3 aliphatic rings. The van der Waals surface area contributed by atoms with E-state index in [9.17, 15) is 9.59 Å². The predicted molar refractivity (Wildman–Crippen MR) is 84.7 cm³/mol. The molecule has 1 saturated carbocycles. The minimum Gasteiger partial charge on any atom is -0.340 e. The van der Waals surface area contributed by atoms with Gasteiger partial charge >= 0.3 is 0 Å². The van der Waals surface area contributed by atoms with E-state index in [4.69, 9.17) is 0 Å². The summed E-state index contributed by atoms with van der Waals surface area (Å²) in [5.41, 5.74) is 0. The first kappa shape index (κ1) is 14.7. The normalized spacial score (nSPS) is 28.5. The molecule has 1 aromatic rings. The van der Waals surface area contributed by atoms with Gasteiger partial charge < -0.3 is 14.4 Å². The highest BCUT2D eigenvalue weighted by Gasteiger charge is 2.43. The van der Waals surface area contributed by atoms with Crippen LogP contribution < -0.4 is 0 Å². The lowest BCUT2D eigenvalue weighted by Gasteiger charge is -2.35. The van der Waals surface area contributed by atoms with Crippen molar-refractivity contribution in [3.63, 3.8) is 0 Å². The van der Waals surface area contributed by atoms with Gasteiger partial charge in [0.2, 0.25) is 11.8 Å². The number of likely N-dealkylation sites (tertiary alicyclic amines) is 2. The molecule has 0 N–H and O–H groups in total. The number of imidazole rings is 1. The maximum atomic E-state index is 12.9. The summed E-state index contributed by atoms with van der Waals surface area (Å²) >= 11 is 0. The summed E-state index contributed by atoms with van der Waals surface area (Å²) in [6, 6.07) is 0.731. The molecule has 2 atom stereocenters. The van der Waals surface area contributed by atoms with E-state index in [1.807, 2.05) is 29.1 Å². The summed E-state index contributed by atoms with van der Waals surface area (Å²) in [6.07, 6.45) is 8.54. The molecule has 23 heavy (non-hydrogen) atoms. The highest BCUT2D eigenvalue weighted by Crippen LogP contribution is 2.34. The number of rotatable bonds is 3. The second-order valence-electron chi connectivity index (χ2n) is 7.14. The minimum atomic E-state index is -0.134. The molecule has 6 nitrogen and oxygen atoms in total. The van der Waals surface area contributed by atoms with Gasteiger partial charge in [-0.2, -0.15) is 0 Å². The molecule has 1 aliphatic carbocycles. The molecule has 0 spiro atoms. The van der Waals surface area contributed by atoms with Crippen molar-refractivity contribution >= 4 is 11.8 Å². The molecule has 0 aromatic carbocycles. The van der Waals surface area contributed by atoms with Crippen LogP contribution >= 0.6 is 0 Å². The SMILES string of the molecule is Cc1nccn1[C@@H]1CCCN(C(=O)[C@H]2CC(=O)N(C3CC3)C2)C1. The van der Waals surface area contributed by atoms with Gasteiger partial charge in [-0.1, -0.05) is 0 Å². The van der Waals surface area contributed by atoms with Gasteiger partial charge in [0.1, 0.15) is 5.82 Å². The van der Waals surface area contributed by atoms with Crippen LogP contribution in [0.3, 0.4) is 0 Å². The molecule has 4 rings (SSSR count). The highest BCUT2D eigenvalue weighted by atomic mass is 16.2. The van der Waals surface area contributed by atoms with Crippen molar-refractivity contribution in [3.05, 3.63) is 18.2 Å². The summed E-state index contributed by atoms with van der Waals surface area (Å²) < 4.78 is 2.18. The second kappa shape index (κ2) is 5.65. The Labute approximate surface area is 136 Å². The minimum absolute atomic E-state index is 0.134. The molecule has 0 unspecified atom stereocenters. The fourth-order valence-corrected chi connectivity index (χ4v) is 4.05. The quantitative estimate of drug-likeness (QED) is 0.846. The lowest BCUT2D eigenvalue weighted by molar-refractivity contribution is -0.137. The average molecular weight is 316 g/mol. The number of aromatic nitrogens is 2. The van der Waals surface area contributed by atoms with E-state index >= 15 is 0 Å². The summed E-state index contributed by atoms with van der Waals surface area (Å²) in [6.45, 7) is 4.19. The molecule has 3 heterocycles. The van der Waals surface area contributed by atoms with E-state index in [2.05, 4.69) is 9.55 Å². The lowest BCUT2D eigenvalue weighted by atomic mass is 10.0. The molecular formula is C17H24N4O2. The van der Waals surface area contributed by atoms with Crippen molar-refractivity contribution in [1.29, 1.82) is 0 Å². The topological polar surface area (TPSA) is 58.4 Å². The van der Waals surface area contributed by atoms with Crippen molar-refractivity contribution < 1.29 is 9.59 Å². The van der Waals surface area contributed by atoms with Gasteiger partial charge in [-0.3, -0.25) is 9.59 Å². The molecule has 6 heteroatoms. The molecule has 0 bridgehead atoms. The largest absolute Gasteiger partial charge is 0.340 e. The summed E-state index contributed by atoms with van der Waals surface area (Å²) in [4.78, 5) is 33.2. The summed E-state index contributed by atoms with van der Waals surface area (Å²) in [5.74, 6) is 1.21. The zero-order valence-corrected chi connectivity index (χ0v) is 13.6. The van der Waals surface area contributed by atoms with Crippen LogP contribution in [0.4, 0.5) is 0 Å². The van der Waals surface area contributed by atoms with Crippen molar-refractivity contribution in [2.75, 3.05) is 19.6 Å². The number of nitrogens with zero attached hydrogens (tertiary/aromatic N) is 4. The Hall–Kier alpha value is -1.85. The first-order chi connectivity index (χ1) is 11.1. The molecule has 124 valence electrons. The van der Waals surface area contributed by atoms with E-state index in [1.54, 1.807) is 0 Å². The van der Waals surface area contributed by atoms with Crippen LogP contribution in [0.2, 0.25) is 0 Å². The lowest BCUT2D eigenvalue weighted by Crippen LogP contribution is -2.44. The molecule has 3 fully saturated rings. The first-order valence-corrected chi connectivity index (χ1v) is 8.71. The van der Waals surface area contributed by atoms with Crippen LogP contribution in [0.5, 0.6) is 0 Å². The number of carbonyl (C=O) groups excluding carboxylic acids is 2. The van der Waals surface area contributed by atoms with Crippen LogP contribution in [-0.4, -0.2) is 56.8 Å². The van der Waals surface area contributed by atoms with Crippen molar-refractivity contribution in [3.8, 4) is 0 Å². The standard InChI is InChI=1S/C17H24N4O2/c1-12-18-6-8-20(12)15-3-2-7-19(11-15)17(23)13-9-16(22)21(10-13)14-4-5-14/h6,8,13-15H,2-5,7,9-11H2,1H3/t13-,15+/m0/s1. The number of amides is 2. The fraction of sp³-hybridized carbons (Fsp3) is 0.706. The fourth-order valence-electron chi connectivity index (χ4n) is 4.05. The van der Waals surface area contributed by atoms with Crippen LogP contribution in [0.15, 0.2) is 12.4 Å². The average Bonchev–Trinajstić information content (AvgIpc) is 3.19. The smallest absolute Gasteiger partial charge is 0.228 e. The Kier molecular flexibility index (Phi) is 3.62. The molecule has 2 aliphatic heterocycles. The Morgan fingerprint density at radius 1 is 1.22 bits per heavy atom. The number of hydrogen-bond acceptors (Lipinski definition) is 3. The summed E-state index contributed by atoms with van der Waals surface area (Å²) in [7, 11) is 0. The van der Waals surface area contributed by atoms with Crippen molar-refractivity contribution in [1.82, 2.24) is 19.4 Å². The maximum absolute atomic E-state index is 12.9. The zero-order valence-electron chi connectivity index (χ0n) is 13.6. The van der Waals surface area contributed by atoms with Crippen LogP contribution in [0.1, 0.15) is 44.0 Å². The maximum Gasteiger partial charge on any atom is 0.228 e. The Morgan fingerprint density at radius 2 is 2.04 bits per heavy atom. The van der Waals surface area contributed by atoms with Gasteiger partial charge in [-0.15, -0.1) is 0 Å². The van der Waals surface area contributed by atoms with E-state index in [0.717, 1.165) is 44.6 Å². The van der Waals surface area contributed by atoms with Gasteiger partial charge in [0.15, 0.2) is 0 Å². The Bertz CT molecular complexity index is 622. The Morgan fingerprint density at radius 3 is 2.74 bits per heavy atom. The Balaban J connectivity index is 1.42. The summed E-state index contributed by atoms with van der Waals surface area (Å²) in [5, 5.41) is 0. The molecule has 2 amide bonds. The molecule has 0 radical (unpaired) electrons. The van der Waals surface area contributed by atoms with Gasteiger partial charge in [-0.05, 0) is 32.6 Å². The van der Waals surface area contributed by atoms with Gasteiger partial charge in [0.25, 0.3) is 0 Å². The van der Waals surface area contributed by atoms with Crippen molar-refractivity contribution in [2.24, 2.45) is 5.92 Å². The van der Waals surface area contributed by atoms with Gasteiger partial charge in [0.05, 0.1) is 12.0 Å². The van der Waals surface area contributed by atoms with Crippen LogP contribution in [-0.2, 0) is 9.59 Å². The number of aryl methyl sites for hydroxylation is 1. The highest BCUT2D eigenvalue weighted by molar-refractivity contribution is 5.89. The van der Waals surface area contributed by atoms with E-state index in [-0.39, 0.29) is 17.7 Å².